The van der Waals surface area contributed by atoms with Gasteiger partial charge in [0.15, 0.2) is 0 Å². The molecule has 0 aliphatic carbocycles. The number of piperidine rings is 1. The Balaban J connectivity index is 1.19. The Labute approximate surface area is 196 Å². The van der Waals surface area contributed by atoms with Crippen LogP contribution in [0, 0.1) is 5.82 Å². The van der Waals surface area contributed by atoms with E-state index in [9.17, 15) is 9.18 Å². The lowest BCUT2D eigenvalue weighted by molar-refractivity contribution is 0.226. The molecule has 1 aliphatic rings. The van der Waals surface area contributed by atoms with Gasteiger partial charge in [-0.2, -0.15) is 4.98 Å². The first-order valence-corrected chi connectivity index (χ1v) is 11.6. The second-order valence-electron chi connectivity index (χ2n) is 8.60. The summed E-state index contributed by atoms with van der Waals surface area (Å²) in [5.41, 5.74) is 2.79. The number of aromatic amines is 1. The SMILES string of the molecule is O=c1cc[nH]c(NCCN2CCC(Nc3nc4ccccc4n3Cc3ccc(F)cc3)CC2)n1. The zero-order valence-electron chi connectivity index (χ0n) is 18.9. The number of halogens is 1. The molecule has 34 heavy (non-hydrogen) atoms. The minimum Gasteiger partial charge on any atom is -0.354 e. The number of H-pyrrole nitrogens is 1. The minimum absolute atomic E-state index is 0.229. The minimum atomic E-state index is -0.251. The van der Waals surface area contributed by atoms with Gasteiger partial charge in [0.05, 0.1) is 17.6 Å². The smallest absolute Gasteiger partial charge is 0.274 e. The number of anilines is 2. The van der Waals surface area contributed by atoms with Gasteiger partial charge in [-0.15, -0.1) is 0 Å². The third-order valence-electron chi connectivity index (χ3n) is 6.22. The quantitative estimate of drug-likeness (QED) is 0.373. The molecule has 9 heteroatoms. The van der Waals surface area contributed by atoms with E-state index in [0.717, 1.165) is 61.6 Å². The second-order valence-corrected chi connectivity index (χ2v) is 8.60. The van der Waals surface area contributed by atoms with E-state index in [1.54, 1.807) is 6.20 Å². The summed E-state index contributed by atoms with van der Waals surface area (Å²) in [6.07, 6.45) is 3.62. The van der Waals surface area contributed by atoms with Crippen molar-refractivity contribution in [1.82, 2.24) is 24.4 Å². The molecule has 0 saturated carbocycles. The molecule has 0 unspecified atom stereocenters. The van der Waals surface area contributed by atoms with E-state index >= 15 is 0 Å². The maximum atomic E-state index is 13.4. The fraction of sp³-hybridized carbons (Fsp3) is 0.320. The highest BCUT2D eigenvalue weighted by Crippen LogP contribution is 2.24. The van der Waals surface area contributed by atoms with Gasteiger partial charge in [0.1, 0.15) is 5.82 Å². The number of aromatic nitrogens is 4. The number of likely N-dealkylation sites (tertiary alicyclic amines) is 1. The molecule has 0 amide bonds. The highest BCUT2D eigenvalue weighted by Gasteiger charge is 2.21. The molecule has 0 bridgehead atoms. The molecule has 0 atom stereocenters. The van der Waals surface area contributed by atoms with Crippen LogP contribution in [0.2, 0.25) is 0 Å². The topological polar surface area (TPSA) is 90.9 Å². The summed E-state index contributed by atoms with van der Waals surface area (Å²) in [7, 11) is 0. The first kappa shape index (κ1) is 22.1. The van der Waals surface area contributed by atoms with E-state index in [2.05, 4.69) is 36.1 Å². The van der Waals surface area contributed by atoms with E-state index < -0.39 is 0 Å². The van der Waals surface area contributed by atoms with Crippen molar-refractivity contribution in [3.63, 3.8) is 0 Å². The van der Waals surface area contributed by atoms with Crippen LogP contribution in [-0.2, 0) is 6.54 Å². The van der Waals surface area contributed by atoms with E-state index in [-0.39, 0.29) is 11.4 Å². The maximum Gasteiger partial charge on any atom is 0.274 e. The zero-order valence-corrected chi connectivity index (χ0v) is 18.9. The highest BCUT2D eigenvalue weighted by molar-refractivity contribution is 5.78. The molecular formula is C25H28FN7O. The Bertz CT molecular complexity index is 1290. The highest BCUT2D eigenvalue weighted by atomic mass is 19.1. The average molecular weight is 462 g/mol. The van der Waals surface area contributed by atoms with Crippen LogP contribution >= 0.6 is 0 Å². The Kier molecular flexibility index (Phi) is 6.53. The third-order valence-corrected chi connectivity index (χ3v) is 6.22. The molecule has 1 aliphatic heterocycles. The largest absolute Gasteiger partial charge is 0.354 e. The maximum absolute atomic E-state index is 13.4. The first-order chi connectivity index (χ1) is 16.6. The summed E-state index contributed by atoms with van der Waals surface area (Å²) < 4.78 is 15.5. The first-order valence-electron chi connectivity index (χ1n) is 11.6. The lowest BCUT2D eigenvalue weighted by atomic mass is 10.1. The fourth-order valence-electron chi connectivity index (χ4n) is 4.40. The van der Waals surface area contributed by atoms with Crippen LogP contribution in [0.3, 0.4) is 0 Å². The summed E-state index contributed by atoms with van der Waals surface area (Å²) in [5.74, 6) is 1.13. The molecule has 4 aromatic rings. The van der Waals surface area contributed by atoms with Crippen molar-refractivity contribution in [1.29, 1.82) is 0 Å². The van der Waals surface area contributed by atoms with Crippen LogP contribution < -0.4 is 16.2 Å². The summed E-state index contributed by atoms with van der Waals surface area (Å²) in [6, 6.07) is 16.5. The lowest BCUT2D eigenvalue weighted by Gasteiger charge is -2.32. The molecule has 3 heterocycles. The van der Waals surface area contributed by atoms with E-state index in [0.29, 0.717) is 18.5 Å². The number of rotatable bonds is 8. The third kappa shape index (κ3) is 5.26. The molecule has 2 aromatic heterocycles. The van der Waals surface area contributed by atoms with Crippen molar-refractivity contribution in [2.24, 2.45) is 0 Å². The van der Waals surface area contributed by atoms with Crippen molar-refractivity contribution in [3.05, 3.63) is 82.5 Å². The Morgan fingerprint density at radius 3 is 2.62 bits per heavy atom. The van der Waals surface area contributed by atoms with Crippen LogP contribution in [-0.4, -0.2) is 56.6 Å². The number of hydrogen-bond donors (Lipinski definition) is 3. The number of hydrogen-bond acceptors (Lipinski definition) is 6. The lowest BCUT2D eigenvalue weighted by Crippen LogP contribution is -2.41. The average Bonchev–Trinajstić information content (AvgIpc) is 3.18. The number of para-hydroxylation sites is 2. The molecule has 0 radical (unpaired) electrons. The van der Waals surface area contributed by atoms with E-state index in [1.165, 1.54) is 18.2 Å². The van der Waals surface area contributed by atoms with Gasteiger partial charge < -0.3 is 25.1 Å². The van der Waals surface area contributed by atoms with Crippen LogP contribution in [0.15, 0.2) is 65.6 Å². The van der Waals surface area contributed by atoms with Crippen LogP contribution in [0.5, 0.6) is 0 Å². The molecule has 8 nitrogen and oxygen atoms in total. The van der Waals surface area contributed by atoms with Gasteiger partial charge in [-0.25, -0.2) is 9.37 Å². The fourth-order valence-corrected chi connectivity index (χ4v) is 4.40. The van der Waals surface area contributed by atoms with Crippen molar-refractivity contribution in [2.75, 3.05) is 36.8 Å². The Hall–Kier alpha value is -3.72. The van der Waals surface area contributed by atoms with Gasteiger partial charge >= 0.3 is 0 Å². The van der Waals surface area contributed by atoms with Gasteiger partial charge in [-0.05, 0) is 42.7 Å². The van der Waals surface area contributed by atoms with Crippen molar-refractivity contribution in [3.8, 4) is 0 Å². The molecule has 5 rings (SSSR count). The molecule has 3 N–H and O–H groups in total. The number of fused-ring (bicyclic) bond motifs is 1. The summed E-state index contributed by atoms with van der Waals surface area (Å²) >= 11 is 0. The van der Waals surface area contributed by atoms with E-state index in [4.69, 9.17) is 4.98 Å². The standard InChI is InChI=1S/C25H28FN7O/c26-19-7-5-18(6-8-19)17-33-22-4-2-1-3-21(22)30-25(33)29-20-10-14-32(15-11-20)16-13-28-24-27-12-9-23(34)31-24/h1-9,12,20H,10-11,13-17H2,(H,29,30)(H2,27,28,31,34). The summed E-state index contributed by atoms with van der Waals surface area (Å²) in [4.78, 5) is 25.4. The number of imidazole rings is 1. The van der Waals surface area contributed by atoms with Gasteiger partial charge in [-0.1, -0.05) is 24.3 Å². The normalized spacial score (nSPS) is 15.0. The zero-order chi connectivity index (χ0) is 23.3. The van der Waals surface area contributed by atoms with Crippen molar-refractivity contribution in [2.45, 2.75) is 25.4 Å². The molecule has 1 fully saturated rings. The van der Waals surface area contributed by atoms with Gasteiger partial charge in [0.2, 0.25) is 11.9 Å². The molecular weight excluding hydrogens is 433 g/mol. The van der Waals surface area contributed by atoms with Gasteiger partial charge in [0.25, 0.3) is 5.56 Å². The molecule has 0 spiro atoms. The molecule has 1 saturated heterocycles. The van der Waals surface area contributed by atoms with Gasteiger partial charge in [-0.3, -0.25) is 4.79 Å². The number of benzene rings is 2. The van der Waals surface area contributed by atoms with Gasteiger partial charge in [0, 0.05) is 44.5 Å². The molecule has 176 valence electrons. The number of nitrogens with zero attached hydrogens (tertiary/aromatic N) is 4. The summed E-state index contributed by atoms with van der Waals surface area (Å²) in [5, 5.41) is 6.84. The monoisotopic (exact) mass is 461 g/mol. The van der Waals surface area contributed by atoms with Crippen LogP contribution in [0.25, 0.3) is 11.0 Å². The Morgan fingerprint density at radius 1 is 1.03 bits per heavy atom. The van der Waals surface area contributed by atoms with Crippen LogP contribution in [0.4, 0.5) is 16.3 Å². The van der Waals surface area contributed by atoms with Crippen molar-refractivity contribution < 1.29 is 4.39 Å². The predicted octanol–water partition coefficient (Wildman–Crippen LogP) is 3.30. The predicted molar refractivity (Wildman–Crippen MR) is 132 cm³/mol. The summed E-state index contributed by atoms with van der Waals surface area (Å²) in [6.45, 7) is 4.20. The van der Waals surface area contributed by atoms with Crippen LogP contribution in [0.1, 0.15) is 18.4 Å². The molecule has 2 aromatic carbocycles. The second kappa shape index (κ2) is 10.0. The number of nitrogens with one attached hydrogen (secondary N) is 3. The Morgan fingerprint density at radius 2 is 1.82 bits per heavy atom. The van der Waals surface area contributed by atoms with Crippen molar-refractivity contribution >= 4 is 22.9 Å². The van der Waals surface area contributed by atoms with E-state index in [1.807, 2.05) is 30.3 Å².